The van der Waals surface area contributed by atoms with Crippen LogP contribution in [-0.2, 0) is 12.0 Å². The van der Waals surface area contributed by atoms with Crippen molar-refractivity contribution in [3.05, 3.63) is 22.6 Å². The summed E-state index contributed by atoms with van der Waals surface area (Å²) in [6, 6.07) is 1.96. The highest BCUT2D eigenvalue weighted by Crippen LogP contribution is 2.45. The maximum absolute atomic E-state index is 5.92. The first kappa shape index (κ1) is 8.81. The zero-order valence-corrected chi connectivity index (χ0v) is 8.86. The van der Waals surface area contributed by atoms with Crippen LogP contribution in [0.5, 0.6) is 0 Å². The second-order valence-electron chi connectivity index (χ2n) is 4.50. The van der Waals surface area contributed by atoms with Crippen molar-refractivity contribution in [3.8, 4) is 0 Å². The molecule has 2 heterocycles. The Morgan fingerprint density at radius 1 is 1.36 bits per heavy atom. The van der Waals surface area contributed by atoms with Crippen LogP contribution in [0.4, 0.5) is 0 Å². The molecule has 0 atom stereocenters. The first-order valence-electron chi connectivity index (χ1n) is 5.30. The van der Waals surface area contributed by atoms with E-state index in [1.54, 1.807) is 0 Å². The second-order valence-corrected chi connectivity index (χ2v) is 4.87. The molecule has 0 amide bonds. The van der Waals surface area contributed by atoms with Gasteiger partial charge in [0.15, 0.2) is 5.22 Å². The lowest BCUT2D eigenvalue weighted by molar-refractivity contribution is 0.300. The average molecular weight is 212 g/mol. The Balaban J connectivity index is 2.09. The highest BCUT2D eigenvalue weighted by molar-refractivity contribution is 6.28. The molecule has 0 saturated heterocycles. The van der Waals surface area contributed by atoms with Gasteiger partial charge in [-0.25, -0.2) is 0 Å². The second kappa shape index (κ2) is 3.01. The molecule has 0 radical (unpaired) electrons. The third kappa shape index (κ3) is 1.14. The van der Waals surface area contributed by atoms with Gasteiger partial charge in [0.2, 0.25) is 0 Å². The Morgan fingerprint density at radius 2 is 2.14 bits per heavy atom. The standard InChI is InChI=1S/C11H14ClNO/c12-9-5-8-6-13-7-11(10(8)14-9)3-1-2-4-11/h5,13H,1-4,6-7H2. The third-order valence-corrected chi connectivity index (χ3v) is 3.79. The fraction of sp³-hybridized carbons (Fsp3) is 0.636. The average Bonchev–Trinajstić information content (AvgIpc) is 2.74. The van der Waals surface area contributed by atoms with E-state index in [-0.39, 0.29) is 5.41 Å². The van der Waals surface area contributed by atoms with Crippen LogP contribution < -0.4 is 5.32 Å². The van der Waals surface area contributed by atoms with Gasteiger partial charge >= 0.3 is 0 Å². The van der Waals surface area contributed by atoms with Gasteiger partial charge in [-0.2, -0.15) is 0 Å². The smallest absolute Gasteiger partial charge is 0.193 e. The van der Waals surface area contributed by atoms with E-state index in [0.717, 1.165) is 13.1 Å². The van der Waals surface area contributed by atoms with E-state index >= 15 is 0 Å². The summed E-state index contributed by atoms with van der Waals surface area (Å²) >= 11 is 5.92. The molecule has 0 bridgehead atoms. The van der Waals surface area contributed by atoms with E-state index in [1.165, 1.54) is 37.0 Å². The molecule has 0 unspecified atom stereocenters. The molecule has 3 heteroatoms. The number of hydrogen-bond acceptors (Lipinski definition) is 2. The van der Waals surface area contributed by atoms with Crippen LogP contribution in [0.15, 0.2) is 10.5 Å². The normalized spacial score (nSPS) is 24.1. The molecule has 2 aliphatic rings. The van der Waals surface area contributed by atoms with Crippen molar-refractivity contribution in [1.82, 2.24) is 5.32 Å². The van der Waals surface area contributed by atoms with Crippen LogP contribution in [0, 0.1) is 0 Å². The predicted octanol–water partition coefficient (Wildman–Crippen LogP) is 2.85. The fourth-order valence-corrected chi connectivity index (χ4v) is 3.16. The maximum atomic E-state index is 5.92. The summed E-state index contributed by atoms with van der Waals surface area (Å²) < 4.78 is 5.67. The molecule has 3 rings (SSSR count). The Labute approximate surface area is 88.6 Å². The monoisotopic (exact) mass is 211 g/mol. The summed E-state index contributed by atoms with van der Waals surface area (Å²) in [6.45, 7) is 1.97. The van der Waals surface area contributed by atoms with Gasteiger partial charge in [0.05, 0.1) is 0 Å². The topological polar surface area (TPSA) is 25.2 Å². The largest absolute Gasteiger partial charge is 0.449 e. The quantitative estimate of drug-likeness (QED) is 0.714. The Hall–Kier alpha value is -0.470. The number of rotatable bonds is 0. The highest BCUT2D eigenvalue weighted by Gasteiger charge is 2.42. The summed E-state index contributed by atoms with van der Waals surface area (Å²) in [5, 5.41) is 4.01. The molecule has 2 nitrogen and oxygen atoms in total. The van der Waals surface area contributed by atoms with Crippen molar-refractivity contribution in [3.63, 3.8) is 0 Å². The van der Waals surface area contributed by atoms with Crippen LogP contribution in [0.2, 0.25) is 5.22 Å². The van der Waals surface area contributed by atoms with Crippen molar-refractivity contribution >= 4 is 11.6 Å². The Kier molecular flexibility index (Phi) is 1.89. The van der Waals surface area contributed by atoms with Gasteiger partial charge in [-0.05, 0) is 24.4 Å². The number of halogens is 1. The maximum Gasteiger partial charge on any atom is 0.193 e. The highest BCUT2D eigenvalue weighted by atomic mass is 35.5. The summed E-state index contributed by atoms with van der Waals surface area (Å²) in [5.74, 6) is 1.17. The lowest BCUT2D eigenvalue weighted by Crippen LogP contribution is -2.40. The van der Waals surface area contributed by atoms with Crippen molar-refractivity contribution < 1.29 is 4.42 Å². The lowest BCUT2D eigenvalue weighted by Gasteiger charge is -2.32. The van der Waals surface area contributed by atoms with E-state index in [0.29, 0.717) is 5.22 Å². The van der Waals surface area contributed by atoms with Crippen LogP contribution in [0.3, 0.4) is 0 Å². The molecule has 76 valence electrons. The minimum atomic E-state index is 0.265. The zero-order valence-electron chi connectivity index (χ0n) is 8.11. The van der Waals surface area contributed by atoms with E-state index in [2.05, 4.69) is 5.32 Å². The Morgan fingerprint density at radius 3 is 2.93 bits per heavy atom. The molecular weight excluding hydrogens is 198 g/mol. The summed E-state index contributed by atoms with van der Waals surface area (Å²) in [5.41, 5.74) is 1.53. The summed E-state index contributed by atoms with van der Waals surface area (Å²) in [4.78, 5) is 0. The first-order chi connectivity index (χ1) is 6.80. The van der Waals surface area contributed by atoms with Gasteiger partial charge < -0.3 is 9.73 Å². The zero-order chi connectivity index (χ0) is 9.60. The van der Waals surface area contributed by atoms with Crippen LogP contribution in [0.25, 0.3) is 0 Å². The number of nitrogens with one attached hydrogen (secondary N) is 1. The molecule has 0 aromatic carbocycles. The van der Waals surface area contributed by atoms with Crippen molar-refractivity contribution in [2.24, 2.45) is 0 Å². The number of fused-ring (bicyclic) bond motifs is 2. The molecule has 1 N–H and O–H groups in total. The predicted molar refractivity (Wildman–Crippen MR) is 55.6 cm³/mol. The number of furan rings is 1. The van der Waals surface area contributed by atoms with Crippen LogP contribution >= 0.6 is 11.6 Å². The van der Waals surface area contributed by atoms with E-state index in [1.807, 2.05) is 6.07 Å². The van der Waals surface area contributed by atoms with Crippen LogP contribution in [-0.4, -0.2) is 6.54 Å². The molecule has 1 aliphatic carbocycles. The van der Waals surface area contributed by atoms with Crippen molar-refractivity contribution in [1.29, 1.82) is 0 Å². The van der Waals surface area contributed by atoms with E-state index in [9.17, 15) is 0 Å². The molecule has 1 aromatic heterocycles. The van der Waals surface area contributed by atoms with Gasteiger partial charge in [-0.15, -0.1) is 0 Å². The lowest BCUT2D eigenvalue weighted by atomic mass is 9.79. The molecule has 14 heavy (non-hydrogen) atoms. The summed E-state index contributed by atoms with van der Waals surface area (Å²) in [6.07, 6.45) is 5.13. The van der Waals surface area contributed by atoms with Gasteiger partial charge in [0.1, 0.15) is 5.76 Å². The molecule has 1 spiro atoms. The fourth-order valence-electron chi connectivity index (χ4n) is 2.95. The van der Waals surface area contributed by atoms with Crippen LogP contribution in [0.1, 0.15) is 37.0 Å². The number of hydrogen-bond donors (Lipinski definition) is 1. The Bertz CT molecular complexity index is 352. The van der Waals surface area contributed by atoms with Gasteiger partial charge in [-0.1, -0.05) is 12.8 Å². The minimum absolute atomic E-state index is 0.265. The minimum Gasteiger partial charge on any atom is -0.449 e. The van der Waals surface area contributed by atoms with E-state index < -0.39 is 0 Å². The SMILES string of the molecule is Clc1cc2c(o1)C1(CCCC1)CNC2. The van der Waals surface area contributed by atoms with Gasteiger partial charge in [-0.3, -0.25) is 0 Å². The van der Waals surface area contributed by atoms with E-state index in [4.69, 9.17) is 16.0 Å². The van der Waals surface area contributed by atoms with Gasteiger partial charge in [0.25, 0.3) is 0 Å². The molecular formula is C11H14ClNO. The molecule has 1 fully saturated rings. The van der Waals surface area contributed by atoms with Gasteiger partial charge in [0, 0.05) is 30.1 Å². The summed E-state index contributed by atoms with van der Waals surface area (Å²) in [7, 11) is 0. The third-order valence-electron chi connectivity index (χ3n) is 3.60. The molecule has 1 aromatic rings. The van der Waals surface area contributed by atoms with Crippen molar-refractivity contribution in [2.75, 3.05) is 6.54 Å². The first-order valence-corrected chi connectivity index (χ1v) is 5.67. The van der Waals surface area contributed by atoms with Crippen molar-refractivity contribution in [2.45, 2.75) is 37.6 Å². The molecule has 1 saturated carbocycles. The molecule has 1 aliphatic heterocycles.